The Balaban J connectivity index is 1.61. The molecule has 6 heteroatoms. The Labute approximate surface area is 159 Å². The van der Waals surface area contributed by atoms with Crippen LogP contribution in [0.25, 0.3) is 11.3 Å². The molecule has 1 aliphatic heterocycles. The summed E-state index contributed by atoms with van der Waals surface area (Å²) in [7, 11) is 0. The Morgan fingerprint density at radius 1 is 1.15 bits per heavy atom. The molecule has 1 saturated heterocycles. The van der Waals surface area contributed by atoms with Gasteiger partial charge in [0.15, 0.2) is 5.76 Å². The van der Waals surface area contributed by atoms with E-state index in [1.807, 2.05) is 12.1 Å². The van der Waals surface area contributed by atoms with E-state index in [2.05, 4.69) is 24.1 Å². The number of furan rings is 1. The van der Waals surface area contributed by atoms with Gasteiger partial charge in [0, 0.05) is 36.3 Å². The predicted molar refractivity (Wildman–Crippen MR) is 103 cm³/mol. The Hall–Kier alpha value is -1.82. The Bertz CT molecular complexity index is 721. The van der Waals surface area contributed by atoms with Crippen LogP contribution in [0, 0.1) is 5.92 Å². The molecule has 2 heterocycles. The fraction of sp³-hybridized carbons (Fsp3) is 0.450. The number of morpholine rings is 1. The van der Waals surface area contributed by atoms with Crippen LogP contribution in [0.15, 0.2) is 40.8 Å². The molecule has 1 fully saturated rings. The number of halogens is 1. The number of rotatable bonds is 6. The molecule has 1 unspecified atom stereocenters. The van der Waals surface area contributed by atoms with Crippen LogP contribution in [0.5, 0.6) is 0 Å². The smallest absolute Gasteiger partial charge is 0.287 e. The first kappa shape index (κ1) is 19.0. The summed E-state index contributed by atoms with van der Waals surface area (Å²) >= 11 is 5.91. The molecule has 0 radical (unpaired) electrons. The van der Waals surface area contributed by atoms with Gasteiger partial charge in [-0.15, -0.1) is 0 Å². The van der Waals surface area contributed by atoms with Crippen molar-refractivity contribution in [2.24, 2.45) is 5.92 Å². The second kappa shape index (κ2) is 8.71. The molecule has 0 spiro atoms. The van der Waals surface area contributed by atoms with Gasteiger partial charge in [0.1, 0.15) is 5.76 Å². The molecule has 0 saturated carbocycles. The highest BCUT2D eigenvalue weighted by Crippen LogP contribution is 2.24. The highest BCUT2D eigenvalue weighted by atomic mass is 35.5. The standard InChI is InChI=1S/C20H25ClN2O3/c1-14(2)17(23-9-11-25-12-10-23)13-22-20(24)19-8-7-18(26-19)15-3-5-16(21)6-4-15/h3-8,14,17H,9-13H2,1-2H3,(H,22,24). The van der Waals surface area contributed by atoms with E-state index >= 15 is 0 Å². The van der Waals surface area contributed by atoms with E-state index in [0.717, 1.165) is 31.9 Å². The van der Waals surface area contributed by atoms with Crippen LogP contribution >= 0.6 is 11.6 Å². The third-order valence-corrected chi connectivity index (χ3v) is 4.97. The molecule has 1 aromatic carbocycles. The number of hydrogen-bond acceptors (Lipinski definition) is 4. The average Bonchev–Trinajstić information content (AvgIpc) is 3.13. The molecule has 1 N–H and O–H groups in total. The monoisotopic (exact) mass is 376 g/mol. The summed E-state index contributed by atoms with van der Waals surface area (Å²) in [6.07, 6.45) is 0. The predicted octanol–water partition coefficient (Wildman–Crippen LogP) is 3.69. The van der Waals surface area contributed by atoms with E-state index in [9.17, 15) is 4.79 Å². The van der Waals surface area contributed by atoms with Crippen molar-refractivity contribution in [3.05, 3.63) is 47.2 Å². The molecular formula is C20H25ClN2O3. The molecule has 26 heavy (non-hydrogen) atoms. The van der Waals surface area contributed by atoms with Gasteiger partial charge in [-0.1, -0.05) is 25.4 Å². The number of nitrogens with zero attached hydrogens (tertiary/aromatic N) is 1. The van der Waals surface area contributed by atoms with Crippen LogP contribution < -0.4 is 5.32 Å². The largest absolute Gasteiger partial charge is 0.451 e. The van der Waals surface area contributed by atoms with Crippen molar-refractivity contribution in [1.29, 1.82) is 0 Å². The third-order valence-electron chi connectivity index (χ3n) is 4.71. The Morgan fingerprint density at radius 2 is 1.85 bits per heavy atom. The molecular weight excluding hydrogens is 352 g/mol. The fourth-order valence-electron chi connectivity index (χ4n) is 3.21. The maximum absolute atomic E-state index is 12.5. The fourth-order valence-corrected chi connectivity index (χ4v) is 3.34. The molecule has 2 aromatic rings. The molecule has 3 rings (SSSR count). The first-order chi connectivity index (χ1) is 12.5. The lowest BCUT2D eigenvalue weighted by Gasteiger charge is -2.36. The SMILES string of the molecule is CC(C)C(CNC(=O)c1ccc(-c2ccc(Cl)cc2)o1)N1CCOCC1. The normalized spacial score (nSPS) is 16.6. The zero-order valence-corrected chi connectivity index (χ0v) is 16.0. The number of benzene rings is 1. The molecule has 0 aliphatic carbocycles. The van der Waals surface area contributed by atoms with Gasteiger partial charge >= 0.3 is 0 Å². The van der Waals surface area contributed by atoms with Gasteiger partial charge in [-0.25, -0.2) is 0 Å². The van der Waals surface area contributed by atoms with Crippen molar-refractivity contribution in [2.45, 2.75) is 19.9 Å². The first-order valence-corrected chi connectivity index (χ1v) is 9.38. The number of nitrogens with one attached hydrogen (secondary N) is 1. The zero-order chi connectivity index (χ0) is 18.5. The third kappa shape index (κ3) is 4.67. The topological polar surface area (TPSA) is 54.7 Å². The lowest BCUT2D eigenvalue weighted by molar-refractivity contribution is 0.00666. The first-order valence-electron chi connectivity index (χ1n) is 9.00. The molecule has 5 nitrogen and oxygen atoms in total. The van der Waals surface area contributed by atoms with Gasteiger partial charge in [0.25, 0.3) is 5.91 Å². The van der Waals surface area contributed by atoms with Crippen molar-refractivity contribution >= 4 is 17.5 Å². The molecule has 1 atom stereocenters. The second-order valence-corrected chi connectivity index (χ2v) is 7.28. The van der Waals surface area contributed by atoms with E-state index in [0.29, 0.717) is 29.0 Å². The molecule has 1 aromatic heterocycles. The molecule has 140 valence electrons. The van der Waals surface area contributed by atoms with Gasteiger partial charge in [-0.3, -0.25) is 9.69 Å². The summed E-state index contributed by atoms with van der Waals surface area (Å²) in [6.45, 7) is 8.25. The van der Waals surface area contributed by atoms with E-state index in [-0.39, 0.29) is 11.9 Å². The maximum Gasteiger partial charge on any atom is 0.287 e. The average molecular weight is 377 g/mol. The van der Waals surface area contributed by atoms with Crippen molar-refractivity contribution in [3.63, 3.8) is 0 Å². The van der Waals surface area contributed by atoms with Crippen LogP contribution in [0.1, 0.15) is 24.4 Å². The minimum atomic E-state index is -0.191. The number of hydrogen-bond donors (Lipinski definition) is 1. The summed E-state index contributed by atoms with van der Waals surface area (Å²) < 4.78 is 11.1. The Morgan fingerprint density at radius 3 is 2.50 bits per heavy atom. The summed E-state index contributed by atoms with van der Waals surface area (Å²) in [6, 6.07) is 11.1. The molecule has 1 aliphatic rings. The lowest BCUT2D eigenvalue weighted by atomic mass is 10.0. The van der Waals surface area contributed by atoms with Crippen molar-refractivity contribution in [2.75, 3.05) is 32.8 Å². The summed E-state index contributed by atoms with van der Waals surface area (Å²) in [5.41, 5.74) is 0.891. The summed E-state index contributed by atoms with van der Waals surface area (Å²) in [5, 5.41) is 3.68. The number of ether oxygens (including phenoxy) is 1. The van der Waals surface area contributed by atoms with Crippen LogP contribution in [0.4, 0.5) is 0 Å². The van der Waals surface area contributed by atoms with Crippen molar-refractivity contribution in [3.8, 4) is 11.3 Å². The van der Waals surface area contributed by atoms with E-state index in [1.54, 1.807) is 24.3 Å². The van der Waals surface area contributed by atoms with Crippen LogP contribution in [0.2, 0.25) is 5.02 Å². The van der Waals surface area contributed by atoms with Crippen LogP contribution in [-0.2, 0) is 4.74 Å². The van der Waals surface area contributed by atoms with E-state index in [4.69, 9.17) is 20.8 Å². The van der Waals surface area contributed by atoms with Gasteiger partial charge in [-0.2, -0.15) is 0 Å². The second-order valence-electron chi connectivity index (χ2n) is 6.84. The lowest BCUT2D eigenvalue weighted by Crippen LogP contribution is -2.51. The minimum absolute atomic E-state index is 0.191. The van der Waals surface area contributed by atoms with Crippen molar-refractivity contribution in [1.82, 2.24) is 10.2 Å². The number of amides is 1. The minimum Gasteiger partial charge on any atom is -0.451 e. The highest BCUT2D eigenvalue weighted by molar-refractivity contribution is 6.30. The molecule has 1 amide bonds. The number of carbonyl (C=O) groups excluding carboxylic acids is 1. The summed E-state index contributed by atoms with van der Waals surface area (Å²) in [4.78, 5) is 14.9. The van der Waals surface area contributed by atoms with Crippen LogP contribution in [0.3, 0.4) is 0 Å². The van der Waals surface area contributed by atoms with Gasteiger partial charge in [0.2, 0.25) is 0 Å². The van der Waals surface area contributed by atoms with Crippen LogP contribution in [-0.4, -0.2) is 49.7 Å². The maximum atomic E-state index is 12.5. The quantitative estimate of drug-likeness (QED) is 0.835. The zero-order valence-electron chi connectivity index (χ0n) is 15.2. The molecule has 0 bridgehead atoms. The van der Waals surface area contributed by atoms with Crippen molar-refractivity contribution < 1.29 is 13.9 Å². The number of carbonyl (C=O) groups is 1. The van der Waals surface area contributed by atoms with E-state index in [1.165, 1.54) is 0 Å². The van der Waals surface area contributed by atoms with Gasteiger partial charge < -0.3 is 14.5 Å². The summed E-state index contributed by atoms with van der Waals surface area (Å²) in [5.74, 6) is 1.22. The van der Waals surface area contributed by atoms with E-state index < -0.39 is 0 Å². The van der Waals surface area contributed by atoms with Gasteiger partial charge in [0.05, 0.1) is 13.2 Å². The Kier molecular flexibility index (Phi) is 6.35. The highest BCUT2D eigenvalue weighted by Gasteiger charge is 2.24. The van der Waals surface area contributed by atoms with Gasteiger partial charge in [-0.05, 0) is 42.3 Å².